The number of nitro benzene ring substituents is 1. The number of anilines is 1. The molecule has 2 rings (SSSR count). The Bertz CT molecular complexity index is 825. The van der Waals surface area contributed by atoms with Crippen LogP contribution in [0.3, 0.4) is 0 Å². The average Bonchev–Trinajstić information content (AvgIpc) is 2.67. The highest BCUT2D eigenvalue weighted by atomic mass is 16.6. The molecule has 0 fully saturated rings. The molecule has 2 aromatic rings. The van der Waals surface area contributed by atoms with Crippen LogP contribution in [0.2, 0.25) is 0 Å². The zero-order valence-electron chi connectivity index (χ0n) is 15.8. The van der Waals surface area contributed by atoms with E-state index in [1.54, 1.807) is 46.4 Å². The number of nitrogens with one attached hydrogen (secondary N) is 1. The molecule has 1 atom stereocenters. The predicted molar refractivity (Wildman–Crippen MR) is 102 cm³/mol. The fraction of sp³-hybridized carbons (Fsp3) is 0.316. The SMILES string of the molecule is COc1ccc(CN(C)[C@H](C)C(=O)Nc2ccccc2[N+](=O)[O-])cc1OC. The standard InChI is InChI=1S/C19H23N3O5/c1-13(19(23)20-15-7-5-6-8-16(15)22(24)25)21(2)12-14-9-10-17(26-3)18(11-14)27-4/h5-11,13H,12H2,1-4H3,(H,20,23)/t13-/m1/s1. The molecule has 0 radical (unpaired) electrons. The molecule has 1 N–H and O–H groups in total. The summed E-state index contributed by atoms with van der Waals surface area (Å²) in [4.78, 5) is 24.9. The third-order valence-electron chi connectivity index (χ3n) is 4.28. The summed E-state index contributed by atoms with van der Waals surface area (Å²) in [7, 11) is 4.94. The molecule has 0 saturated carbocycles. The number of carbonyl (C=O) groups excluding carboxylic acids is 1. The topological polar surface area (TPSA) is 93.9 Å². The second-order valence-corrected chi connectivity index (χ2v) is 6.04. The smallest absolute Gasteiger partial charge is 0.292 e. The first kappa shape index (κ1) is 20.2. The first-order chi connectivity index (χ1) is 12.9. The molecule has 1 amide bonds. The number of likely N-dealkylation sites (N-methyl/N-ethyl adjacent to an activating group) is 1. The van der Waals surface area contributed by atoms with Gasteiger partial charge in [0.05, 0.1) is 25.2 Å². The van der Waals surface area contributed by atoms with Crippen molar-refractivity contribution in [3.8, 4) is 11.5 Å². The molecule has 0 aliphatic heterocycles. The summed E-state index contributed by atoms with van der Waals surface area (Å²) >= 11 is 0. The number of rotatable bonds is 8. The van der Waals surface area contributed by atoms with Crippen LogP contribution in [0.1, 0.15) is 12.5 Å². The van der Waals surface area contributed by atoms with E-state index in [1.165, 1.54) is 12.1 Å². The molecular formula is C19H23N3O5. The quantitative estimate of drug-likeness (QED) is 0.564. The van der Waals surface area contributed by atoms with Gasteiger partial charge in [0.15, 0.2) is 11.5 Å². The van der Waals surface area contributed by atoms with Crippen molar-refractivity contribution in [2.45, 2.75) is 19.5 Å². The molecule has 0 aliphatic carbocycles. The molecule has 144 valence electrons. The fourth-order valence-corrected chi connectivity index (χ4v) is 2.58. The third-order valence-corrected chi connectivity index (χ3v) is 4.28. The van der Waals surface area contributed by atoms with E-state index in [1.807, 2.05) is 17.0 Å². The van der Waals surface area contributed by atoms with Crippen LogP contribution in [0, 0.1) is 10.1 Å². The third kappa shape index (κ3) is 4.95. The van der Waals surface area contributed by atoms with E-state index in [9.17, 15) is 14.9 Å². The van der Waals surface area contributed by atoms with Crippen LogP contribution in [-0.4, -0.2) is 43.0 Å². The molecule has 8 nitrogen and oxygen atoms in total. The molecule has 0 aromatic heterocycles. The van der Waals surface area contributed by atoms with Gasteiger partial charge in [0.25, 0.3) is 5.69 Å². The molecule has 0 saturated heterocycles. The van der Waals surface area contributed by atoms with Crippen LogP contribution >= 0.6 is 0 Å². The maximum Gasteiger partial charge on any atom is 0.292 e. The van der Waals surface area contributed by atoms with Gasteiger partial charge in [-0.3, -0.25) is 19.8 Å². The Labute approximate surface area is 157 Å². The molecule has 0 unspecified atom stereocenters. The van der Waals surface area contributed by atoms with Crippen molar-refractivity contribution in [3.63, 3.8) is 0 Å². The number of carbonyl (C=O) groups is 1. The lowest BCUT2D eigenvalue weighted by molar-refractivity contribution is -0.383. The Hall–Kier alpha value is -3.13. The van der Waals surface area contributed by atoms with Gasteiger partial charge in [-0.15, -0.1) is 0 Å². The molecule has 2 aromatic carbocycles. The minimum Gasteiger partial charge on any atom is -0.493 e. The molecule has 8 heteroatoms. The monoisotopic (exact) mass is 373 g/mol. The summed E-state index contributed by atoms with van der Waals surface area (Å²) in [5, 5.41) is 13.7. The van der Waals surface area contributed by atoms with Crippen molar-refractivity contribution < 1.29 is 19.2 Å². The molecule has 27 heavy (non-hydrogen) atoms. The fourth-order valence-electron chi connectivity index (χ4n) is 2.58. The number of benzene rings is 2. The first-order valence-electron chi connectivity index (χ1n) is 8.32. The maximum absolute atomic E-state index is 12.5. The zero-order valence-corrected chi connectivity index (χ0v) is 15.8. The summed E-state index contributed by atoms with van der Waals surface area (Å²) in [5.74, 6) is 0.916. The largest absolute Gasteiger partial charge is 0.493 e. The molecule has 0 aliphatic rings. The van der Waals surface area contributed by atoms with Crippen LogP contribution < -0.4 is 14.8 Å². The van der Waals surface area contributed by atoms with E-state index in [0.29, 0.717) is 18.0 Å². The first-order valence-corrected chi connectivity index (χ1v) is 8.32. The molecule has 0 heterocycles. The minimum atomic E-state index is -0.520. The number of nitro groups is 1. The van der Waals surface area contributed by atoms with Gasteiger partial charge in [0.2, 0.25) is 5.91 Å². The van der Waals surface area contributed by atoms with E-state index in [-0.39, 0.29) is 17.3 Å². The van der Waals surface area contributed by atoms with Crippen LogP contribution in [0.15, 0.2) is 42.5 Å². The normalized spacial score (nSPS) is 11.7. The van der Waals surface area contributed by atoms with Crippen LogP contribution in [-0.2, 0) is 11.3 Å². The van der Waals surface area contributed by atoms with E-state index in [4.69, 9.17) is 9.47 Å². The lowest BCUT2D eigenvalue weighted by Gasteiger charge is -2.24. The highest BCUT2D eigenvalue weighted by molar-refractivity contribution is 5.96. The lowest BCUT2D eigenvalue weighted by atomic mass is 10.1. The van der Waals surface area contributed by atoms with Crippen molar-refractivity contribution in [2.24, 2.45) is 0 Å². The number of ether oxygens (including phenoxy) is 2. The van der Waals surface area contributed by atoms with E-state index < -0.39 is 11.0 Å². The Morgan fingerprint density at radius 3 is 2.48 bits per heavy atom. The van der Waals surface area contributed by atoms with E-state index in [0.717, 1.165) is 5.56 Å². The van der Waals surface area contributed by atoms with Crippen LogP contribution in [0.5, 0.6) is 11.5 Å². The van der Waals surface area contributed by atoms with Crippen molar-refractivity contribution in [2.75, 3.05) is 26.6 Å². The van der Waals surface area contributed by atoms with Gasteiger partial charge in [-0.1, -0.05) is 18.2 Å². The summed E-state index contributed by atoms with van der Waals surface area (Å²) in [6.45, 7) is 2.23. The van der Waals surface area contributed by atoms with Crippen molar-refractivity contribution in [1.82, 2.24) is 4.90 Å². The van der Waals surface area contributed by atoms with Crippen molar-refractivity contribution >= 4 is 17.3 Å². The minimum absolute atomic E-state index is 0.138. The van der Waals surface area contributed by atoms with Gasteiger partial charge in [-0.2, -0.15) is 0 Å². The van der Waals surface area contributed by atoms with Gasteiger partial charge < -0.3 is 14.8 Å². The molecule has 0 bridgehead atoms. The Balaban J connectivity index is 2.07. The van der Waals surface area contributed by atoms with Crippen LogP contribution in [0.4, 0.5) is 11.4 Å². The van der Waals surface area contributed by atoms with Gasteiger partial charge >= 0.3 is 0 Å². The summed E-state index contributed by atoms with van der Waals surface area (Å²) < 4.78 is 10.5. The van der Waals surface area contributed by atoms with Gasteiger partial charge in [0, 0.05) is 12.6 Å². The second-order valence-electron chi connectivity index (χ2n) is 6.04. The number of hydrogen-bond acceptors (Lipinski definition) is 6. The second kappa shape index (κ2) is 9.00. The van der Waals surface area contributed by atoms with Crippen LogP contribution in [0.25, 0.3) is 0 Å². The van der Waals surface area contributed by atoms with Crippen molar-refractivity contribution in [1.29, 1.82) is 0 Å². The highest BCUT2D eigenvalue weighted by Gasteiger charge is 2.22. The van der Waals surface area contributed by atoms with E-state index in [2.05, 4.69) is 5.32 Å². The van der Waals surface area contributed by atoms with Crippen molar-refractivity contribution in [3.05, 3.63) is 58.1 Å². The van der Waals surface area contributed by atoms with E-state index >= 15 is 0 Å². The molecule has 0 spiro atoms. The number of amides is 1. The summed E-state index contributed by atoms with van der Waals surface area (Å²) in [6, 6.07) is 11.1. The Morgan fingerprint density at radius 1 is 1.19 bits per heavy atom. The number of hydrogen-bond donors (Lipinski definition) is 1. The summed E-state index contributed by atoms with van der Waals surface area (Å²) in [6.07, 6.45) is 0. The zero-order chi connectivity index (χ0) is 20.0. The van der Waals surface area contributed by atoms with Gasteiger partial charge in [-0.25, -0.2) is 0 Å². The molecular weight excluding hydrogens is 350 g/mol. The highest BCUT2D eigenvalue weighted by Crippen LogP contribution is 2.28. The Morgan fingerprint density at radius 2 is 1.85 bits per heavy atom. The number of para-hydroxylation sites is 2. The number of methoxy groups -OCH3 is 2. The number of nitrogens with zero attached hydrogens (tertiary/aromatic N) is 2. The average molecular weight is 373 g/mol. The maximum atomic E-state index is 12.5. The Kier molecular flexibility index (Phi) is 6.73. The van der Waals surface area contributed by atoms with Gasteiger partial charge in [-0.05, 0) is 37.7 Å². The summed E-state index contributed by atoms with van der Waals surface area (Å²) in [5.41, 5.74) is 0.986. The lowest BCUT2D eigenvalue weighted by Crippen LogP contribution is -2.39. The van der Waals surface area contributed by atoms with Gasteiger partial charge in [0.1, 0.15) is 5.69 Å². The predicted octanol–water partition coefficient (Wildman–Crippen LogP) is 3.07.